The molecular weight excluding hydrogens is 424 g/mol. The van der Waals surface area contributed by atoms with Crippen molar-refractivity contribution < 1.29 is 14.3 Å². The van der Waals surface area contributed by atoms with E-state index in [9.17, 15) is 4.79 Å². The number of pyridine rings is 1. The highest BCUT2D eigenvalue weighted by Crippen LogP contribution is 2.37. The van der Waals surface area contributed by atoms with Crippen LogP contribution >= 0.6 is 11.6 Å². The molecule has 4 aromatic rings. The highest BCUT2D eigenvalue weighted by Gasteiger charge is 2.21. The minimum atomic E-state index is -0.267. The number of anilines is 1. The van der Waals surface area contributed by atoms with E-state index in [1.807, 2.05) is 62.4 Å². The Bertz CT molecular complexity index is 1320. The van der Waals surface area contributed by atoms with Crippen molar-refractivity contribution in [1.29, 1.82) is 0 Å². The third-order valence-electron chi connectivity index (χ3n) is 5.41. The number of methoxy groups -OCH3 is 2. The molecule has 0 aliphatic carbocycles. The van der Waals surface area contributed by atoms with Crippen LogP contribution in [0.25, 0.3) is 22.2 Å². The summed E-state index contributed by atoms with van der Waals surface area (Å²) >= 11 is 6.21. The van der Waals surface area contributed by atoms with Crippen LogP contribution in [-0.2, 0) is 0 Å². The molecule has 5 nitrogen and oxygen atoms in total. The second kappa shape index (κ2) is 8.89. The lowest BCUT2D eigenvalue weighted by atomic mass is 9.96. The van der Waals surface area contributed by atoms with Crippen molar-refractivity contribution in [3.63, 3.8) is 0 Å². The van der Waals surface area contributed by atoms with Crippen molar-refractivity contribution in [2.75, 3.05) is 19.5 Å². The molecule has 1 aromatic heterocycles. The second-order valence-electron chi connectivity index (χ2n) is 7.48. The molecule has 0 unspecified atom stereocenters. The van der Waals surface area contributed by atoms with Crippen LogP contribution < -0.4 is 14.8 Å². The van der Waals surface area contributed by atoms with Gasteiger partial charge in [0.25, 0.3) is 5.91 Å². The van der Waals surface area contributed by atoms with Crippen LogP contribution in [0.15, 0.2) is 60.7 Å². The van der Waals surface area contributed by atoms with Crippen LogP contribution in [0.2, 0.25) is 5.02 Å². The number of nitrogens with one attached hydrogen (secondary N) is 1. The van der Waals surface area contributed by atoms with E-state index in [2.05, 4.69) is 5.32 Å². The maximum atomic E-state index is 13.6. The SMILES string of the molecule is COc1cc(NC(=O)c2c(C)c(-c3ccc(C)cc3)nc3ccccc23)c(OC)cc1Cl. The second-order valence-corrected chi connectivity index (χ2v) is 7.89. The van der Waals surface area contributed by atoms with Gasteiger partial charge in [-0.05, 0) is 25.5 Å². The quantitative estimate of drug-likeness (QED) is 0.383. The Balaban J connectivity index is 1.86. The molecule has 6 heteroatoms. The van der Waals surface area contributed by atoms with E-state index in [1.165, 1.54) is 14.2 Å². The first-order valence-electron chi connectivity index (χ1n) is 10.1. The van der Waals surface area contributed by atoms with E-state index in [0.29, 0.717) is 27.8 Å². The molecule has 1 heterocycles. The number of fused-ring (bicyclic) bond motifs is 1. The van der Waals surface area contributed by atoms with E-state index >= 15 is 0 Å². The third-order valence-corrected chi connectivity index (χ3v) is 5.71. The van der Waals surface area contributed by atoms with Gasteiger partial charge in [-0.25, -0.2) is 4.98 Å². The molecule has 0 aliphatic heterocycles. The van der Waals surface area contributed by atoms with Crippen LogP contribution in [-0.4, -0.2) is 25.1 Å². The molecule has 1 amide bonds. The fraction of sp³-hybridized carbons (Fsp3) is 0.154. The van der Waals surface area contributed by atoms with Crippen LogP contribution in [0.1, 0.15) is 21.5 Å². The van der Waals surface area contributed by atoms with Gasteiger partial charge in [0.2, 0.25) is 0 Å². The maximum absolute atomic E-state index is 13.6. The molecule has 0 fully saturated rings. The zero-order valence-corrected chi connectivity index (χ0v) is 19.1. The van der Waals surface area contributed by atoms with Gasteiger partial charge in [0.15, 0.2) is 0 Å². The maximum Gasteiger partial charge on any atom is 0.256 e. The van der Waals surface area contributed by atoms with Gasteiger partial charge >= 0.3 is 0 Å². The van der Waals surface area contributed by atoms with Crippen LogP contribution in [0.5, 0.6) is 11.5 Å². The van der Waals surface area contributed by atoms with Crippen molar-refractivity contribution in [2.45, 2.75) is 13.8 Å². The van der Waals surface area contributed by atoms with Crippen molar-refractivity contribution in [2.24, 2.45) is 0 Å². The largest absolute Gasteiger partial charge is 0.495 e. The van der Waals surface area contributed by atoms with E-state index in [4.69, 9.17) is 26.1 Å². The van der Waals surface area contributed by atoms with Crippen molar-refractivity contribution in [3.05, 3.63) is 82.4 Å². The molecule has 0 radical (unpaired) electrons. The van der Waals surface area contributed by atoms with Crippen LogP contribution in [0, 0.1) is 13.8 Å². The highest BCUT2D eigenvalue weighted by atomic mass is 35.5. The Morgan fingerprint density at radius 1 is 0.938 bits per heavy atom. The number of halogens is 1. The first-order valence-corrected chi connectivity index (χ1v) is 10.5. The van der Waals surface area contributed by atoms with Gasteiger partial charge in [-0.3, -0.25) is 4.79 Å². The number of aryl methyl sites for hydroxylation is 1. The molecule has 0 spiro atoms. The average Bonchev–Trinajstić information content (AvgIpc) is 2.80. The number of aromatic nitrogens is 1. The van der Waals surface area contributed by atoms with E-state index in [-0.39, 0.29) is 5.91 Å². The lowest BCUT2D eigenvalue weighted by Gasteiger charge is -2.17. The molecular formula is C26H23ClN2O3. The molecule has 4 rings (SSSR count). The monoisotopic (exact) mass is 446 g/mol. The summed E-state index contributed by atoms with van der Waals surface area (Å²) in [6.45, 7) is 3.96. The Hall–Kier alpha value is -3.57. The highest BCUT2D eigenvalue weighted by molar-refractivity contribution is 6.32. The van der Waals surface area contributed by atoms with E-state index in [0.717, 1.165) is 33.3 Å². The number of carbonyl (C=O) groups excluding carboxylic acids is 1. The minimum Gasteiger partial charge on any atom is -0.495 e. The minimum absolute atomic E-state index is 0.267. The number of ether oxygens (including phenoxy) is 2. The molecule has 3 aromatic carbocycles. The number of hydrogen-bond donors (Lipinski definition) is 1. The first kappa shape index (κ1) is 21.7. The van der Waals surface area contributed by atoms with Crippen LogP contribution in [0.4, 0.5) is 5.69 Å². The smallest absolute Gasteiger partial charge is 0.256 e. The number of hydrogen-bond acceptors (Lipinski definition) is 4. The summed E-state index contributed by atoms with van der Waals surface area (Å²) in [4.78, 5) is 18.4. The lowest BCUT2D eigenvalue weighted by molar-refractivity contribution is 0.102. The summed E-state index contributed by atoms with van der Waals surface area (Å²) in [6, 6.07) is 19.0. The van der Waals surface area contributed by atoms with Crippen molar-refractivity contribution in [3.8, 4) is 22.8 Å². The van der Waals surface area contributed by atoms with Crippen molar-refractivity contribution >= 4 is 34.1 Å². The number of carbonyl (C=O) groups is 1. The summed E-state index contributed by atoms with van der Waals surface area (Å²) in [7, 11) is 3.05. The summed E-state index contributed by atoms with van der Waals surface area (Å²) in [5.74, 6) is 0.621. The molecule has 0 atom stereocenters. The molecule has 1 N–H and O–H groups in total. The summed E-state index contributed by atoms with van der Waals surface area (Å²) < 4.78 is 10.7. The standard InChI is InChI=1S/C26H23ClN2O3/c1-15-9-11-17(12-10-15)25-16(2)24(18-7-5-6-8-20(18)28-25)26(30)29-21-14-22(31-3)19(27)13-23(21)32-4/h5-14H,1-4H3,(H,29,30). The van der Waals surface area contributed by atoms with Gasteiger partial charge in [0, 0.05) is 23.1 Å². The number of rotatable bonds is 5. The molecule has 32 heavy (non-hydrogen) atoms. The molecule has 0 bridgehead atoms. The molecule has 0 saturated carbocycles. The summed E-state index contributed by atoms with van der Waals surface area (Å²) in [5.41, 5.74) is 5.46. The normalized spacial score (nSPS) is 10.8. The van der Waals surface area contributed by atoms with Gasteiger partial charge in [-0.2, -0.15) is 0 Å². The number of para-hydroxylation sites is 1. The van der Waals surface area contributed by atoms with Gasteiger partial charge < -0.3 is 14.8 Å². The predicted molar refractivity (Wildman–Crippen MR) is 129 cm³/mol. The van der Waals surface area contributed by atoms with Crippen molar-refractivity contribution in [1.82, 2.24) is 4.98 Å². The molecule has 162 valence electrons. The third kappa shape index (κ3) is 3.99. The fourth-order valence-corrected chi connectivity index (χ4v) is 3.97. The Labute approximate surface area is 192 Å². The van der Waals surface area contributed by atoms with E-state index < -0.39 is 0 Å². The number of benzene rings is 3. The molecule has 0 saturated heterocycles. The average molecular weight is 447 g/mol. The summed E-state index contributed by atoms with van der Waals surface area (Å²) in [5, 5.41) is 4.14. The zero-order valence-electron chi connectivity index (χ0n) is 18.3. The topological polar surface area (TPSA) is 60.5 Å². The lowest BCUT2D eigenvalue weighted by Crippen LogP contribution is -2.16. The number of amides is 1. The van der Waals surface area contributed by atoms with E-state index in [1.54, 1.807) is 12.1 Å². The predicted octanol–water partition coefficient (Wildman–Crippen LogP) is 6.44. The van der Waals surface area contributed by atoms with Gasteiger partial charge in [0.1, 0.15) is 11.5 Å². The Morgan fingerprint density at radius 3 is 2.31 bits per heavy atom. The fourth-order valence-electron chi connectivity index (χ4n) is 3.74. The Kier molecular flexibility index (Phi) is 6.01. The summed E-state index contributed by atoms with van der Waals surface area (Å²) in [6.07, 6.45) is 0. The van der Waals surface area contributed by atoms with Crippen LogP contribution in [0.3, 0.4) is 0 Å². The number of nitrogens with zero attached hydrogens (tertiary/aromatic N) is 1. The van der Waals surface area contributed by atoms with Gasteiger partial charge in [-0.1, -0.05) is 59.6 Å². The Morgan fingerprint density at radius 2 is 1.62 bits per heavy atom. The molecule has 0 aliphatic rings. The zero-order chi connectivity index (χ0) is 22.8. The van der Waals surface area contributed by atoms with Gasteiger partial charge in [0.05, 0.1) is 41.7 Å². The first-order chi connectivity index (χ1) is 15.4. The van der Waals surface area contributed by atoms with Gasteiger partial charge in [-0.15, -0.1) is 0 Å².